The van der Waals surface area contributed by atoms with Crippen LogP contribution in [0.1, 0.15) is 9.67 Å². The molecule has 0 spiro atoms. The number of benzene rings is 1. The van der Waals surface area contributed by atoms with E-state index in [0.717, 1.165) is 0 Å². The van der Waals surface area contributed by atoms with Crippen molar-refractivity contribution in [1.82, 2.24) is 20.1 Å². The van der Waals surface area contributed by atoms with Gasteiger partial charge in [0, 0.05) is 38.8 Å². The highest BCUT2D eigenvalue weighted by molar-refractivity contribution is 7.16. The zero-order valence-corrected chi connectivity index (χ0v) is 14.0. The van der Waals surface area contributed by atoms with Crippen LogP contribution in [-0.4, -0.2) is 59.9 Å². The van der Waals surface area contributed by atoms with Crippen LogP contribution in [0.5, 0.6) is 0 Å². The molecule has 0 radical (unpaired) electrons. The molecule has 6 nitrogen and oxygen atoms in total. The first kappa shape index (κ1) is 16.4. The van der Waals surface area contributed by atoms with Crippen LogP contribution in [0.15, 0.2) is 30.5 Å². The second-order valence-corrected chi connectivity index (χ2v) is 6.37. The predicted octanol–water partition coefficient (Wildman–Crippen LogP) is 2.05. The summed E-state index contributed by atoms with van der Waals surface area (Å²) in [4.78, 5) is 32.1. The van der Waals surface area contributed by atoms with Gasteiger partial charge in [0.05, 0.1) is 6.20 Å². The smallest absolute Gasteiger partial charge is 0.317 e. The molecule has 1 N–H and O–H groups in total. The minimum Gasteiger partial charge on any atom is -0.341 e. The monoisotopic (exact) mass is 348 g/mol. The summed E-state index contributed by atoms with van der Waals surface area (Å²) in [5.41, 5.74) is 0.394. The number of urea groups is 1. The molecule has 1 aromatic heterocycles. The second kappa shape index (κ2) is 6.96. The molecule has 1 aromatic carbocycles. The van der Waals surface area contributed by atoms with Crippen molar-refractivity contribution >= 4 is 23.3 Å². The Kier molecular flexibility index (Phi) is 4.75. The maximum absolute atomic E-state index is 13.8. The molecular formula is C16H17FN4O2S. The molecule has 1 aliphatic rings. The number of nitrogens with zero attached hydrogens (tertiary/aromatic N) is 3. The highest BCUT2D eigenvalue weighted by Gasteiger charge is 2.25. The Morgan fingerprint density at radius 1 is 1.17 bits per heavy atom. The van der Waals surface area contributed by atoms with Gasteiger partial charge in [-0.15, -0.1) is 11.3 Å². The van der Waals surface area contributed by atoms with Crippen LogP contribution in [0.25, 0.3) is 10.6 Å². The van der Waals surface area contributed by atoms with E-state index in [2.05, 4.69) is 10.3 Å². The largest absolute Gasteiger partial charge is 0.341 e. The summed E-state index contributed by atoms with van der Waals surface area (Å²) in [5.74, 6) is -0.489. The lowest BCUT2D eigenvalue weighted by atomic mass is 10.2. The van der Waals surface area contributed by atoms with Crippen molar-refractivity contribution in [3.8, 4) is 10.6 Å². The van der Waals surface area contributed by atoms with Gasteiger partial charge in [0.15, 0.2) is 0 Å². The fourth-order valence-electron chi connectivity index (χ4n) is 2.56. The Labute approximate surface area is 142 Å². The van der Waals surface area contributed by atoms with E-state index >= 15 is 0 Å². The van der Waals surface area contributed by atoms with Crippen molar-refractivity contribution in [2.45, 2.75) is 0 Å². The van der Waals surface area contributed by atoms with E-state index in [1.165, 1.54) is 23.6 Å². The number of nitrogens with one attached hydrogen (secondary N) is 1. The maximum Gasteiger partial charge on any atom is 0.317 e. The van der Waals surface area contributed by atoms with Crippen LogP contribution >= 0.6 is 11.3 Å². The van der Waals surface area contributed by atoms with Gasteiger partial charge >= 0.3 is 6.03 Å². The summed E-state index contributed by atoms with van der Waals surface area (Å²) in [7, 11) is 1.58. The maximum atomic E-state index is 13.8. The first-order valence-electron chi connectivity index (χ1n) is 7.57. The third kappa shape index (κ3) is 3.23. The Balaban J connectivity index is 1.69. The van der Waals surface area contributed by atoms with Crippen molar-refractivity contribution in [2.24, 2.45) is 0 Å². The first-order valence-corrected chi connectivity index (χ1v) is 8.38. The van der Waals surface area contributed by atoms with E-state index < -0.39 is 0 Å². The predicted molar refractivity (Wildman–Crippen MR) is 89.4 cm³/mol. The fraction of sp³-hybridized carbons (Fsp3) is 0.312. The molecule has 1 aliphatic heterocycles. The van der Waals surface area contributed by atoms with Gasteiger partial charge < -0.3 is 15.1 Å². The molecule has 0 aliphatic carbocycles. The number of rotatable bonds is 2. The SMILES string of the molecule is CNC(=O)N1CCN(C(=O)c2cnc(-c3ccccc3F)s2)CC1. The van der Waals surface area contributed by atoms with E-state index in [1.807, 2.05) is 0 Å². The molecule has 0 unspecified atom stereocenters. The first-order chi connectivity index (χ1) is 11.6. The van der Waals surface area contributed by atoms with Crippen molar-refractivity contribution < 1.29 is 14.0 Å². The van der Waals surface area contributed by atoms with Crippen molar-refractivity contribution in [3.63, 3.8) is 0 Å². The third-order valence-corrected chi connectivity index (χ3v) is 4.91. The van der Waals surface area contributed by atoms with Gasteiger partial charge in [-0.2, -0.15) is 0 Å². The van der Waals surface area contributed by atoms with E-state index in [0.29, 0.717) is 41.6 Å². The number of amides is 3. The van der Waals surface area contributed by atoms with Crippen molar-refractivity contribution in [2.75, 3.05) is 33.2 Å². The molecule has 8 heteroatoms. The number of carbonyl (C=O) groups is 2. The Morgan fingerprint density at radius 3 is 2.50 bits per heavy atom. The van der Waals surface area contributed by atoms with E-state index in [4.69, 9.17) is 0 Å². The summed E-state index contributed by atoms with van der Waals surface area (Å²) in [6.45, 7) is 1.92. The number of aromatic nitrogens is 1. The Bertz CT molecular complexity index is 756. The number of piperazine rings is 1. The minimum absolute atomic E-state index is 0.133. The highest BCUT2D eigenvalue weighted by atomic mass is 32.1. The molecule has 126 valence electrons. The molecule has 3 rings (SSSR count). The van der Waals surface area contributed by atoms with Gasteiger partial charge in [0.25, 0.3) is 5.91 Å². The normalized spacial score (nSPS) is 14.6. The van der Waals surface area contributed by atoms with Crippen LogP contribution in [0.3, 0.4) is 0 Å². The summed E-state index contributed by atoms with van der Waals surface area (Å²) in [5, 5.41) is 3.06. The third-order valence-electron chi connectivity index (χ3n) is 3.89. The number of carbonyl (C=O) groups excluding carboxylic acids is 2. The average Bonchev–Trinajstić information content (AvgIpc) is 3.11. The Morgan fingerprint density at radius 2 is 1.83 bits per heavy atom. The van der Waals surface area contributed by atoms with Crippen LogP contribution in [0.2, 0.25) is 0 Å². The molecule has 2 aromatic rings. The van der Waals surface area contributed by atoms with Gasteiger partial charge in [-0.1, -0.05) is 12.1 Å². The molecule has 3 amide bonds. The summed E-state index contributed by atoms with van der Waals surface area (Å²) in [6.07, 6.45) is 1.49. The molecule has 2 heterocycles. The molecule has 0 atom stereocenters. The lowest BCUT2D eigenvalue weighted by Crippen LogP contribution is -2.52. The van der Waals surface area contributed by atoms with Gasteiger partial charge in [-0.3, -0.25) is 4.79 Å². The zero-order chi connectivity index (χ0) is 17.1. The van der Waals surface area contributed by atoms with Crippen LogP contribution < -0.4 is 5.32 Å². The summed E-state index contributed by atoms with van der Waals surface area (Å²) < 4.78 is 13.8. The average molecular weight is 348 g/mol. The van der Waals surface area contributed by atoms with Gasteiger partial charge in [-0.05, 0) is 12.1 Å². The molecule has 0 saturated carbocycles. The van der Waals surface area contributed by atoms with E-state index in [9.17, 15) is 14.0 Å². The number of hydrogen-bond acceptors (Lipinski definition) is 4. The fourth-order valence-corrected chi connectivity index (χ4v) is 3.47. The van der Waals surface area contributed by atoms with Gasteiger partial charge in [0.2, 0.25) is 0 Å². The van der Waals surface area contributed by atoms with E-state index in [-0.39, 0.29) is 17.8 Å². The summed E-state index contributed by atoms with van der Waals surface area (Å²) in [6, 6.07) is 6.23. The highest BCUT2D eigenvalue weighted by Crippen LogP contribution is 2.28. The minimum atomic E-state index is -0.356. The quantitative estimate of drug-likeness (QED) is 0.903. The van der Waals surface area contributed by atoms with E-state index in [1.54, 1.807) is 35.0 Å². The molecule has 0 bridgehead atoms. The summed E-state index contributed by atoms with van der Waals surface area (Å²) >= 11 is 1.18. The number of halogens is 1. The van der Waals surface area contributed by atoms with Crippen LogP contribution in [-0.2, 0) is 0 Å². The van der Waals surface area contributed by atoms with Crippen LogP contribution in [0, 0.1) is 5.82 Å². The lowest BCUT2D eigenvalue weighted by molar-refractivity contribution is 0.0670. The van der Waals surface area contributed by atoms with Crippen molar-refractivity contribution in [1.29, 1.82) is 0 Å². The Hall–Kier alpha value is -2.48. The molecular weight excluding hydrogens is 331 g/mol. The standard InChI is InChI=1S/C16H17FN4O2S/c1-18-16(23)21-8-6-20(7-9-21)15(22)13-10-19-14(24-13)11-4-2-3-5-12(11)17/h2-5,10H,6-9H2,1H3,(H,18,23). The molecule has 24 heavy (non-hydrogen) atoms. The lowest BCUT2D eigenvalue weighted by Gasteiger charge is -2.34. The molecule has 1 saturated heterocycles. The van der Waals surface area contributed by atoms with Crippen LogP contribution in [0.4, 0.5) is 9.18 Å². The number of thiazole rings is 1. The van der Waals surface area contributed by atoms with Gasteiger partial charge in [-0.25, -0.2) is 14.2 Å². The number of hydrogen-bond donors (Lipinski definition) is 1. The second-order valence-electron chi connectivity index (χ2n) is 5.34. The van der Waals surface area contributed by atoms with Gasteiger partial charge in [0.1, 0.15) is 15.7 Å². The topological polar surface area (TPSA) is 65.5 Å². The van der Waals surface area contributed by atoms with Crippen molar-refractivity contribution in [3.05, 3.63) is 41.2 Å². The zero-order valence-electron chi connectivity index (χ0n) is 13.2. The molecule has 1 fully saturated rings.